The number of carbonyl (C=O) groups excluding carboxylic acids is 1. The highest BCUT2D eigenvalue weighted by molar-refractivity contribution is 5.92. The molecule has 0 saturated heterocycles. The van der Waals surface area contributed by atoms with Crippen LogP contribution in [0.5, 0.6) is 0 Å². The largest absolute Gasteiger partial charge is 0.416 e. The van der Waals surface area contributed by atoms with Crippen molar-refractivity contribution in [2.45, 2.75) is 38.0 Å². The zero-order valence-electron chi connectivity index (χ0n) is 12.4. The molecule has 128 valence electrons. The van der Waals surface area contributed by atoms with Gasteiger partial charge in [-0.1, -0.05) is 0 Å². The van der Waals surface area contributed by atoms with Crippen molar-refractivity contribution in [3.05, 3.63) is 45.9 Å². The van der Waals surface area contributed by atoms with E-state index in [1.807, 2.05) is 0 Å². The molecule has 0 saturated carbocycles. The lowest BCUT2D eigenvalue weighted by Gasteiger charge is -2.16. The number of aromatic amines is 1. The molecule has 0 aromatic carbocycles. The number of hydrogen-bond donors (Lipinski definition) is 2. The maximum Gasteiger partial charge on any atom is 0.416 e. The van der Waals surface area contributed by atoms with E-state index in [9.17, 15) is 22.8 Å². The number of H-pyrrole nitrogens is 1. The van der Waals surface area contributed by atoms with E-state index in [0.29, 0.717) is 31.6 Å². The molecule has 1 aliphatic rings. The fourth-order valence-corrected chi connectivity index (χ4v) is 2.64. The van der Waals surface area contributed by atoms with Crippen LogP contribution in [0.3, 0.4) is 0 Å². The number of pyridine rings is 1. The van der Waals surface area contributed by atoms with E-state index in [4.69, 9.17) is 0 Å². The molecule has 24 heavy (non-hydrogen) atoms. The van der Waals surface area contributed by atoms with Crippen LogP contribution >= 0.6 is 0 Å². The van der Waals surface area contributed by atoms with E-state index in [0.717, 1.165) is 18.3 Å². The molecule has 2 aromatic rings. The molecule has 3 rings (SSSR count). The number of aromatic nitrogens is 4. The van der Waals surface area contributed by atoms with Crippen molar-refractivity contribution in [1.29, 1.82) is 0 Å². The molecular formula is C14H14F3N5O2. The van der Waals surface area contributed by atoms with E-state index >= 15 is 0 Å². The summed E-state index contributed by atoms with van der Waals surface area (Å²) in [6.07, 6.45) is -2.07. The summed E-state index contributed by atoms with van der Waals surface area (Å²) in [6, 6.07) is 1.27. The minimum atomic E-state index is -4.53. The lowest BCUT2D eigenvalue weighted by Crippen LogP contribution is -2.36. The Morgan fingerprint density at radius 1 is 1.38 bits per heavy atom. The van der Waals surface area contributed by atoms with Crippen molar-refractivity contribution < 1.29 is 18.0 Å². The predicted molar refractivity (Wildman–Crippen MR) is 76.3 cm³/mol. The lowest BCUT2D eigenvalue weighted by atomic mass is 10.1. The molecule has 3 heterocycles. The number of amides is 1. The summed E-state index contributed by atoms with van der Waals surface area (Å²) in [6.45, 7) is 0.381. The second-order valence-electron chi connectivity index (χ2n) is 5.52. The third-order valence-corrected chi connectivity index (χ3v) is 3.91. The van der Waals surface area contributed by atoms with Gasteiger partial charge < -0.3 is 5.32 Å². The van der Waals surface area contributed by atoms with Gasteiger partial charge >= 0.3 is 11.9 Å². The maximum atomic E-state index is 12.7. The number of hydrogen-bond acceptors (Lipinski definition) is 4. The van der Waals surface area contributed by atoms with E-state index < -0.39 is 17.6 Å². The minimum absolute atomic E-state index is 0.269. The second-order valence-corrected chi connectivity index (χ2v) is 5.52. The first-order valence-electron chi connectivity index (χ1n) is 7.33. The smallest absolute Gasteiger partial charge is 0.348 e. The van der Waals surface area contributed by atoms with Gasteiger partial charge in [-0.2, -0.15) is 18.3 Å². The van der Waals surface area contributed by atoms with Crippen molar-refractivity contribution in [3.8, 4) is 0 Å². The Bertz CT molecular complexity index is 811. The van der Waals surface area contributed by atoms with Crippen LogP contribution in [-0.2, 0) is 19.1 Å². The summed E-state index contributed by atoms with van der Waals surface area (Å²) in [5.41, 5.74) is -1.52. The number of aryl methyl sites for hydroxylation is 1. The van der Waals surface area contributed by atoms with Gasteiger partial charge in [0.15, 0.2) is 0 Å². The second kappa shape index (κ2) is 6.10. The van der Waals surface area contributed by atoms with Crippen LogP contribution in [0, 0.1) is 0 Å². The van der Waals surface area contributed by atoms with Crippen molar-refractivity contribution in [2.24, 2.45) is 0 Å². The summed E-state index contributed by atoms with van der Waals surface area (Å²) in [4.78, 5) is 27.4. The highest BCUT2D eigenvalue weighted by atomic mass is 19.4. The SMILES string of the molecule is O=C(NC1CCc2n[nH]c(=O)n2CC1)c1cc(C(F)(F)F)ccn1. The molecule has 7 nitrogen and oxygen atoms in total. The van der Waals surface area contributed by atoms with E-state index in [2.05, 4.69) is 20.5 Å². The van der Waals surface area contributed by atoms with Gasteiger partial charge in [0.2, 0.25) is 0 Å². The minimum Gasteiger partial charge on any atom is -0.348 e. The molecule has 0 aliphatic carbocycles. The van der Waals surface area contributed by atoms with E-state index in [-0.39, 0.29) is 17.4 Å². The van der Waals surface area contributed by atoms with Gasteiger partial charge in [-0.05, 0) is 25.0 Å². The van der Waals surface area contributed by atoms with Crippen LogP contribution in [0.15, 0.2) is 23.1 Å². The Morgan fingerprint density at radius 3 is 2.92 bits per heavy atom. The van der Waals surface area contributed by atoms with Crippen LogP contribution in [0.1, 0.15) is 34.7 Å². The zero-order valence-corrected chi connectivity index (χ0v) is 12.4. The average Bonchev–Trinajstić information content (AvgIpc) is 2.76. The van der Waals surface area contributed by atoms with Crippen LogP contribution < -0.4 is 11.0 Å². The molecule has 0 spiro atoms. The van der Waals surface area contributed by atoms with Gasteiger partial charge in [-0.25, -0.2) is 9.89 Å². The van der Waals surface area contributed by atoms with Gasteiger partial charge in [0.1, 0.15) is 11.5 Å². The number of halogens is 3. The zero-order chi connectivity index (χ0) is 17.3. The van der Waals surface area contributed by atoms with Crippen molar-refractivity contribution >= 4 is 5.91 Å². The first-order chi connectivity index (χ1) is 11.3. The molecule has 1 aliphatic heterocycles. The van der Waals surface area contributed by atoms with Crippen LogP contribution in [0.2, 0.25) is 0 Å². The Kier molecular flexibility index (Phi) is 4.12. The fraction of sp³-hybridized carbons (Fsp3) is 0.429. The number of nitrogens with zero attached hydrogens (tertiary/aromatic N) is 3. The van der Waals surface area contributed by atoms with Crippen molar-refractivity contribution in [1.82, 2.24) is 25.1 Å². The van der Waals surface area contributed by atoms with Gasteiger partial charge in [0, 0.05) is 25.2 Å². The van der Waals surface area contributed by atoms with E-state index in [1.165, 1.54) is 4.57 Å². The van der Waals surface area contributed by atoms with Crippen molar-refractivity contribution in [3.63, 3.8) is 0 Å². The molecule has 2 N–H and O–H groups in total. The Balaban J connectivity index is 1.69. The molecule has 1 amide bonds. The van der Waals surface area contributed by atoms with Crippen LogP contribution in [0.4, 0.5) is 13.2 Å². The summed E-state index contributed by atoms with van der Waals surface area (Å²) in [7, 11) is 0. The monoisotopic (exact) mass is 341 g/mol. The van der Waals surface area contributed by atoms with Crippen LogP contribution in [0.25, 0.3) is 0 Å². The van der Waals surface area contributed by atoms with E-state index in [1.54, 1.807) is 0 Å². The maximum absolute atomic E-state index is 12.7. The Labute approximate surface area is 133 Å². The molecule has 0 fully saturated rings. The number of fused-ring (bicyclic) bond motifs is 1. The first-order valence-corrected chi connectivity index (χ1v) is 7.33. The molecule has 1 unspecified atom stereocenters. The number of rotatable bonds is 2. The third kappa shape index (κ3) is 3.31. The quantitative estimate of drug-likeness (QED) is 0.856. The normalized spacial score (nSPS) is 17.9. The van der Waals surface area contributed by atoms with Gasteiger partial charge in [0.25, 0.3) is 5.91 Å². The standard InChI is InChI=1S/C14H14F3N5O2/c15-14(16,17)8-3-5-18-10(7-8)12(23)19-9-1-2-11-20-21-13(24)22(11)6-4-9/h3,5,7,9H,1-2,4,6H2,(H,19,23)(H,21,24). The third-order valence-electron chi connectivity index (χ3n) is 3.91. The van der Waals surface area contributed by atoms with Crippen LogP contribution in [-0.4, -0.2) is 31.7 Å². The molecule has 0 bridgehead atoms. The number of nitrogens with one attached hydrogen (secondary N) is 2. The summed E-state index contributed by atoms with van der Waals surface area (Å²) >= 11 is 0. The molecule has 2 aromatic heterocycles. The molecule has 0 radical (unpaired) electrons. The Morgan fingerprint density at radius 2 is 2.17 bits per heavy atom. The number of alkyl halides is 3. The summed E-state index contributed by atoms with van der Waals surface area (Å²) in [5, 5.41) is 8.94. The first kappa shape index (κ1) is 16.2. The van der Waals surface area contributed by atoms with Gasteiger partial charge in [0.05, 0.1) is 5.56 Å². The highest BCUT2D eigenvalue weighted by Crippen LogP contribution is 2.29. The fourth-order valence-electron chi connectivity index (χ4n) is 2.64. The topological polar surface area (TPSA) is 92.7 Å². The Hall–Kier alpha value is -2.65. The summed E-state index contributed by atoms with van der Waals surface area (Å²) in [5.74, 6) is -0.0616. The lowest BCUT2D eigenvalue weighted by molar-refractivity contribution is -0.137. The van der Waals surface area contributed by atoms with Gasteiger partial charge in [-0.3, -0.25) is 14.3 Å². The predicted octanol–water partition coefficient (Wildman–Crippen LogP) is 1.12. The number of carbonyl (C=O) groups is 1. The molecular weight excluding hydrogens is 327 g/mol. The molecule has 10 heteroatoms. The highest BCUT2D eigenvalue weighted by Gasteiger charge is 2.31. The van der Waals surface area contributed by atoms with Crippen molar-refractivity contribution in [2.75, 3.05) is 0 Å². The summed E-state index contributed by atoms with van der Waals surface area (Å²) < 4.78 is 39.6. The molecule has 1 atom stereocenters. The average molecular weight is 341 g/mol. The van der Waals surface area contributed by atoms with Gasteiger partial charge in [-0.15, -0.1) is 0 Å².